The van der Waals surface area contributed by atoms with Crippen LogP contribution in [0.1, 0.15) is 0 Å². The number of benzene rings is 2. The molecule has 0 saturated carbocycles. The number of thiazole rings is 1. The highest BCUT2D eigenvalue weighted by atomic mass is 32.1. The van der Waals surface area contributed by atoms with E-state index in [9.17, 15) is 18.0 Å². The molecule has 0 atom stereocenters. The van der Waals surface area contributed by atoms with Crippen molar-refractivity contribution in [2.45, 2.75) is 0 Å². The lowest BCUT2D eigenvalue weighted by Crippen LogP contribution is -2.19. The van der Waals surface area contributed by atoms with Gasteiger partial charge in [-0.3, -0.25) is 5.32 Å². The van der Waals surface area contributed by atoms with E-state index in [2.05, 4.69) is 15.6 Å². The van der Waals surface area contributed by atoms with Crippen LogP contribution >= 0.6 is 11.3 Å². The number of para-hydroxylation sites is 2. The van der Waals surface area contributed by atoms with Gasteiger partial charge in [0.25, 0.3) is 0 Å². The molecule has 3 rings (SSSR count). The van der Waals surface area contributed by atoms with Crippen molar-refractivity contribution in [1.82, 2.24) is 4.98 Å². The summed E-state index contributed by atoms with van der Waals surface area (Å²) in [6.45, 7) is 0. The number of carbonyl (C=O) groups excluding carboxylic acids is 1. The maximum atomic E-state index is 13.7. The van der Waals surface area contributed by atoms with E-state index >= 15 is 0 Å². The number of amides is 2. The Morgan fingerprint density at radius 2 is 1.80 bits per heavy atom. The summed E-state index contributed by atoms with van der Waals surface area (Å²) in [5, 5.41) is 7.06. The van der Waals surface area contributed by atoms with Gasteiger partial charge in [-0.15, -0.1) is 11.3 Å². The molecule has 1 aromatic heterocycles. The number of halogens is 3. The summed E-state index contributed by atoms with van der Waals surface area (Å²) in [5.74, 6) is -4.23. The van der Waals surface area contributed by atoms with Crippen LogP contribution in [0.5, 0.6) is 11.5 Å². The summed E-state index contributed by atoms with van der Waals surface area (Å²) in [4.78, 5) is 15.9. The van der Waals surface area contributed by atoms with Gasteiger partial charge in [-0.25, -0.2) is 22.9 Å². The number of ether oxygens (including phenoxy) is 1. The molecule has 2 amide bonds. The molecular weight excluding hydrogens is 355 g/mol. The van der Waals surface area contributed by atoms with Crippen molar-refractivity contribution in [3.05, 3.63) is 65.4 Å². The molecule has 1 heterocycles. The van der Waals surface area contributed by atoms with Gasteiger partial charge in [0.2, 0.25) is 0 Å². The van der Waals surface area contributed by atoms with Gasteiger partial charge in [-0.05, 0) is 12.1 Å². The maximum Gasteiger partial charge on any atom is 0.325 e. The molecule has 0 bridgehead atoms. The summed E-state index contributed by atoms with van der Waals surface area (Å²) in [6.07, 6.45) is 1.53. The molecule has 0 aliphatic heterocycles. The highest BCUT2D eigenvalue weighted by Crippen LogP contribution is 2.33. The Balaban J connectivity index is 1.81. The van der Waals surface area contributed by atoms with Crippen molar-refractivity contribution in [3.63, 3.8) is 0 Å². The molecule has 0 fully saturated rings. The predicted molar refractivity (Wildman–Crippen MR) is 87.6 cm³/mol. The quantitative estimate of drug-likeness (QED) is 0.684. The third-order valence-electron chi connectivity index (χ3n) is 2.96. The first kappa shape index (κ1) is 16.8. The molecule has 0 aliphatic rings. The van der Waals surface area contributed by atoms with E-state index in [1.165, 1.54) is 29.7 Å². The average Bonchev–Trinajstić information content (AvgIpc) is 3.05. The van der Waals surface area contributed by atoms with E-state index in [0.29, 0.717) is 17.3 Å². The topological polar surface area (TPSA) is 63.2 Å². The lowest BCUT2D eigenvalue weighted by Gasteiger charge is -2.13. The molecule has 0 radical (unpaired) electrons. The number of nitrogens with one attached hydrogen (secondary N) is 2. The summed E-state index contributed by atoms with van der Waals surface area (Å²) < 4.78 is 45.6. The Kier molecular flexibility index (Phi) is 4.85. The largest absolute Gasteiger partial charge is 0.449 e. The van der Waals surface area contributed by atoms with Gasteiger partial charge in [0.05, 0.1) is 5.69 Å². The first-order valence-corrected chi connectivity index (χ1v) is 7.80. The normalized spacial score (nSPS) is 10.4. The van der Waals surface area contributed by atoms with Crippen LogP contribution in [0, 0.1) is 17.5 Å². The van der Waals surface area contributed by atoms with Crippen LogP contribution in [0.2, 0.25) is 0 Å². The van der Waals surface area contributed by atoms with Gasteiger partial charge in [0.1, 0.15) is 5.82 Å². The first-order valence-electron chi connectivity index (χ1n) is 6.92. The predicted octanol–water partition coefficient (Wildman–Crippen LogP) is 5.00. The maximum absolute atomic E-state index is 13.7. The minimum Gasteiger partial charge on any atom is -0.449 e. The van der Waals surface area contributed by atoms with Gasteiger partial charge >= 0.3 is 6.03 Å². The van der Waals surface area contributed by atoms with Crippen LogP contribution in [-0.2, 0) is 0 Å². The molecule has 3 aromatic rings. The standard InChI is InChI=1S/C16H10F3N3O2S/c17-9-7-10(18)14(11(19)8-9)24-13-4-2-1-3-12(13)21-15(23)22-16-20-5-6-25-16/h1-8H,(H2,20,21,22,23). The summed E-state index contributed by atoms with van der Waals surface area (Å²) in [5.41, 5.74) is 0.166. The monoisotopic (exact) mass is 365 g/mol. The Labute approximate surface area is 144 Å². The van der Waals surface area contributed by atoms with Crippen molar-refractivity contribution in [2.75, 3.05) is 10.6 Å². The Morgan fingerprint density at radius 1 is 1.08 bits per heavy atom. The van der Waals surface area contributed by atoms with Crippen LogP contribution in [0.3, 0.4) is 0 Å². The number of rotatable bonds is 4. The minimum atomic E-state index is -1.19. The Morgan fingerprint density at radius 3 is 2.48 bits per heavy atom. The number of urea groups is 1. The summed E-state index contributed by atoms with van der Waals surface area (Å²) in [7, 11) is 0. The van der Waals surface area contributed by atoms with E-state index in [1.54, 1.807) is 17.5 Å². The van der Waals surface area contributed by atoms with Crippen molar-refractivity contribution in [3.8, 4) is 11.5 Å². The second-order valence-electron chi connectivity index (χ2n) is 4.71. The molecule has 0 saturated heterocycles. The lowest BCUT2D eigenvalue weighted by molar-refractivity contribution is 0.262. The zero-order chi connectivity index (χ0) is 17.8. The van der Waals surface area contributed by atoms with Crippen molar-refractivity contribution in [1.29, 1.82) is 0 Å². The van der Waals surface area contributed by atoms with Crippen molar-refractivity contribution < 1.29 is 22.7 Å². The van der Waals surface area contributed by atoms with E-state index in [1.807, 2.05) is 0 Å². The fraction of sp³-hybridized carbons (Fsp3) is 0. The fourth-order valence-corrected chi connectivity index (χ4v) is 2.46. The van der Waals surface area contributed by atoms with Crippen LogP contribution in [-0.4, -0.2) is 11.0 Å². The molecule has 9 heteroatoms. The third-order valence-corrected chi connectivity index (χ3v) is 3.65. The zero-order valence-corrected chi connectivity index (χ0v) is 13.2. The van der Waals surface area contributed by atoms with Crippen molar-refractivity contribution >= 4 is 28.2 Å². The van der Waals surface area contributed by atoms with E-state index in [0.717, 1.165) is 0 Å². The van der Waals surface area contributed by atoms with E-state index in [4.69, 9.17) is 4.74 Å². The van der Waals surface area contributed by atoms with Gasteiger partial charge in [-0.1, -0.05) is 12.1 Å². The molecular formula is C16H10F3N3O2S. The van der Waals surface area contributed by atoms with Gasteiger partial charge in [0.15, 0.2) is 28.3 Å². The smallest absolute Gasteiger partial charge is 0.325 e. The second kappa shape index (κ2) is 7.22. The number of hydrogen-bond acceptors (Lipinski definition) is 4. The van der Waals surface area contributed by atoms with Gasteiger partial charge < -0.3 is 10.1 Å². The Bertz CT molecular complexity index is 880. The molecule has 5 nitrogen and oxygen atoms in total. The van der Waals surface area contributed by atoms with E-state index < -0.39 is 29.2 Å². The zero-order valence-electron chi connectivity index (χ0n) is 12.4. The van der Waals surface area contributed by atoms with Crippen LogP contribution in [0.15, 0.2) is 48.0 Å². The number of aromatic nitrogens is 1. The number of hydrogen-bond donors (Lipinski definition) is 2. The molecule has 25 heavy (non-hydrogen) atoms. The Hall–Kier alpha value is -3.07. The lowest BCUT2D eigenvalue weighted by atomic mass is 10.2. The highest BCUT2D eigenvalue weighted by Gasteiger charge is 2.16. The fourth-order valence-electron chi connectivity index (χ4n) is 1.93. The van der Waals surface area contributed by atoms with Crippen molar-refractivity contribution in [2.24, 2.45) is 0 Å². The second-order valence-corrected chi connectivity index (χ2v) is 5.61. The van der Waals surface area contributed by atoms with Crippen LogP contribution in [0.4, 0.5) is 28.8 Å². The van der Waals surface area contributed by atoms with E-state index in [-0.39, 0.29) is 11.4 Å². The van der Waals surface area contributed by atoms with Crippen LogP contribution < -0.4 is 15.4 Å². The summed E-state index contributed by atoms with van der Waals surface area (Å²) >= 11 is 1.22. The SMILES string of the molecule is O=C(Nc1nccs1)Nc1ccccc1Oc1c(F)cc(F)cc1F. The minimum absolute atomic E-state index is 0.0128. The molecule has 128 valence electrons. The first-order chi connectivity index (χ1) is 12.0. The summed E-state index contributed by atoms with van der Waals surface area (Å²) in [6, 6.07) is 6.44. The molecule has 2 N–H and O–H groups in total. The average molecular weight is 365 g/mol. The number of nitrogens with zero attached hydrogens (tertiary/aromatic N) is 1. The van der Waals surface area contributed by atoms with Crippen LogP contribution in [0.25, 0.3) is 0 Å². The highest BCUT2D eigenvalue weighted by molar-refractivity contribution is 7.13. The third kappa shape index (κ3) is 4.07. The molecule has 0 spiro atoms. The van der Waals surface area contributed by atoms with Gasteiger partial charge in [0, 0.05) is 23.7 Å². The number of anilines is 2. The molecule has 0 aliphatic carbocycles. The molecule has 0 unspecified atom stereocenters. The molecule has 2 aromatic carbocycles. The van der Waals surface area contributed by atoms with Gasteiger partial charge in [-0.2, -0.15) is 0 Å². The number of carbonyl (C=O) groups is 1.